The van der Waals surface area contributed by atoms with Crippen molar-refractivity contribution in [1.29, 1.82) is 0 Å². The lowest BCUT2D eigenvalue weighted by atomic mass is 10.1. The zero-order valence-corrected chi connectivity index (χ0v) is 14.0. The van der Waals surface area contributed by atoms with E-state index in [1.807, 2.05) is 31.3 Å². The average Bonchev–Trinajstić information content (AvgIpc) is 2.99. The molecule has 0 unspecified atom stereocenters. The summed E-state index contributed by atoms with van der Waals surface area (Å²) in [6.07, 6.45) is 3.51. The van der Waals surface area contributed by atoms with Crippen molar-refractivity contribution in [3.8, 4) is 0 Å². The Morgan fingerprint density at radius 1 is 1.18 bits per heavy atom. The fraction of sp³-hybridized carbons (Fsp3) is 0.312. The lowest BCUT2D eigenvalue weighted by molar-refractivity contribution is 0.396. The van der Waals surface area contributed by atoms with Gasteiger partial charge in [-0.2, -0.15) is 4.31 Å². The molecule has 1 aromatic heterocycles. The highest BCUT2D eigenvalue weighted by molar-refractivity contribution is 7.89. The molecule has 2 aromatic rings. The fourth-order valence-corrected chi connectivity index (χ4v) is 4.65. The lowest BCUT2D eigenvalue weighted by Crippen LogP contribution is -2.30. The van der Waals surface area contributed by atoms with Crippen molar-refractivity contribution in [3.63, 3.8) is 0 Å². The molecule has 0 saturated carbocycles. The summed E-state index contributed by atoms with van der Waals surface area (Å²) in [5.41, 5.74) is 2.01. The number of nitrogens with one attached hydrogen (secondary N) is 1. The highest BCUT2D eigenvalue weighted by Gasteiger charge is 2.36. The van der Waals surface area contributed by atoms with E-state index in [2.05, 4.69) is 4.98 Å². The van der Waals surface area contributed by atoms with E-state index in [0.29, 0.717) is 16.1 Å². The maximum absolute atomic E-state index is 12.9. The van der Waals surface area contributed by atoms with Crippen LogP contribution >= 0.6 is 12.2 Å². The van der Waals surface area contributed by atoms with Gasteiger partial charge < -0.3 is 4.98 Å². The largest absolute Gasteiger partial charge is 0.353 e. The summed E-state index contributed by atoms with van der Waals surface area (Å²) in [5, 5.41) is 0. The number of hydrogen-bond donors (Lipinski definition) is 1. The molecule has 2 heterocycles. The molecule has 22 heavy (non-hydrogen) atoms. The number of aromatic amines is 1. The molecule has 1 aromatic carbocycles. The van der Waals surface area contributed by atoms with Crippen LogP contribution in [-0.2, 0) is 10.0 Å². The highest BCUT2D eigenvalue weighted by atomic mass is 32.2. The number of aryl methyl sites for hydroxylation is 1. The van der Waals surface area contributed by atoms with Crippen LogP contribution in [-0.4, -0.2) is 24.3 Å². The number of hydrogen-bond acceptors (Lipinski definition) is 3. The minimum Gasteiger partial charge on any atom is -0.353 e. The van der Waals surface area contributed by atoms with Gasteiger partial charge in [0.25, 0.3) is 0 Å². The predicted octanol–water partition coefficient (Wildman–Crippen LogP) is 3.58. The molecule has 1 aliphatic heterocycles. The third-order valence-corrected chi connectivity index (χ3v) is 6.20. The summed E-state index contributed by atoms with van der Waals surface area (Å²) >= 11 is 5.05. The number of sulfonamides is 1. The van der Waals surface area contributed by atoms with Crippen molar-refractivity contribution in [2.75, 3.05) is 6.54 Å². The summed E-state index contributed by atoms with van der Waals surface area (Å²) in [5.74, 6) is 0. The lowest BCUT2D eigenvalue weighted by Gasteiger charge is -2.24. The first-order valence-corrected chi connectivity index (χ1v) is 9.10. The zero-order chi connectivity index (χ0) is 15.7. The molecule has 0 amide bonds. The van der Waals surface area contributed by atoms with E-state index < -0.39 is 10.0 Å². The topological polar surface area (TPSA) is 53.2 Å². The Morgan fingerprint density at radius 3 is 2.55 bits per heavy atom. The van der Waals surface area contributed by atoms with Gasteiger partial charge in [-0.1, -0.05) is 36.0 Å². The molecule has 1 saturated heterocycles. The number of pyridine rings is 1. The third-order valence-electron chi connectivity index (χ3n) is 4.02. The fourth-order valence-electron chi connectivity index (χ4n) is 2.84. The highest BCUT2D eigenvalue weighted by Crippen LogP contribution is 2.36. The van der Waals surface area contributed by atoms with Gasteiger partial charge in [0.2, 0.25) is 10.0 Å². The summed E-state index contributed by atoms with van der Waals surface area (Å²) < 4.78 is 28.0. The maximum Gasteiger partial charge on any atom is 0.243 e. The van der Waals surface area contributed by atoms with E-state index in [9.17, 15) is 8.42 Å². The van der Waals surface area contributed by atoms with Crippen molar-refractivity contribution < 1.29 is 8.42 Å². The van der Waals surface area contributed by atoms with Crippen LogP contribution < -0.4 is 0 Å². The molecule has 0 aliphatic carbocycles. The SMILES string of the molecule is Cc1ccc(S(=O)(=O)N2CCC[C@@H]2c2ccc(=S)[nH]c2)cc1. The normalized spacial score (nSPS) is 19.4. The van der Waals surface area contributed by atoms with E-state index in [4.69, 9.17) is 12.2 Å². The number of aromatic nitrogens is 1. The number of benzene rings is 1. The molecule has 4 nitrogen and oxygen atoms in total. The van der Waals surface area contributed by atoms with Gasteiger partial charge >= 0.3 is 0 Å². The molecule has 116 valence electrons. The van der Waals surface area contributed by atoms with E-state index >= 15 is 0 Å². The zero-order valence-electron chi connectivity index (χ0n) is 12.3. The van der Waals surface area contributed by atoms with Gasteiger partial charge in [0.1, 0.15) is 4.64 Å². The van der Waals surface area contributed by atoms with Crippen molar-refractivity contribution in [3.05, 3.63) is 58.4 Å². The van der Waals surface area contributed by atoms with Crippen LogP contribution in [0.15, 0.2) is 47.5 Å². The second-order valence-electron chi connectivity index (χ2n) is 5.57. The van der Waals surface area contributed by atoms with E-state index in [1.165, 1.54) is 0 Å². The summed E-state index contributed by atoms with van der Waals surface area (Å²) in [6, 6.07) is 10.6. The van der Waals surface area contributed by atoms with E-state index in [1.54, 1.807) is 22.5 Å². The van der Waals surface area contributed by atoms with Gasteiger partial charge in [0, 0.05) is 12.7 Å². The van der Waals surface area contributed by atoms with Gasteiger partial charge in [-0.25, -0.2) is 8.42 Å². The van der Waals surface area contributed by atoms with Crippen LogP contribution in [0.1, 0.15) is 30.0 Å². The molecule has 1 aliphatic rings. The van der Waals surface area contributed by atoms with Crippen molar-refractivity contribution in [2.24, 2.45) is 0 Å². The van der Waals surface area contributed by atoms with Gasteiger partial charge in [0.15, 0.2) is 0 Å². The first-order chi connectivity index (χ1) is 10.5. The quantitative estimate of drug-likeness (QED) is 0.873. The van der Waals surface area contributed by atoms with Gasteiger partial charge in [-0.3, -0.25) is 0 Å². The monoisotopic (exact) mass is 334 g/mol. The van der Waals surface area contributed by atoms with Crippen LogP contribution in [0.3, 0.4) is 0 Å². The standard InChI is InChI=1S/C16H18N2O2S2/c1-12-4-7-14(8-5-12)22(19,20)18-10-2-3-15(18)13-6-9-16(21)17-11-13/h4-9,11,15H,2-3,10H2,1H3,(H,17,21)/t15-/m1/s1. The van der Waals surface area contributed by atoms with Gasteiger partial charge in [0.05, 0.1) is 10.9 Å². The Balaban J connectivity index is 1.97. The van der Waals surface area contributed by atoms with Crippen molar-refractivity contribution in [1.82, 2.24) is 9.29 Å². The molecule has 1 fully saturated rings. The van der Waals surface area contributed by atoms with Crippen LogP contribution in [0.5, 0.6) is 0 Å². The second-order valence-corrected chi connectivity index (χ2v) is 7.90. The summed E-state index contributed by atoms with van der Waals surface area (Å²) in [6.45, 7) is 2.50. The van der Waals surface area contributed by atoms with Gasteiger partial charge in [-0.15, -0.1) is 0 Å². The molecular formula is C16H18N2O2S2. The number of H-pyrrole nitrogens is 1. The summed E-state index contributed by atoms with van der Waals surface area (Å²) in [7, 11) is -3.47. The molecule has 3 rings (SSSR count). The molecular weight excluding hydrogens is 316 g/mol. The average molecular weight is 334 g/mol. The van der Waals surface area contributed by atoms with Gasteiger partial charge in [-0.05, 0) is 43.5 Å². The van der Waals surface area contributed by atoms with Crippen LogP contribution in [0.4, 0.5) is 0 Å². The maximum atomic E-state index is 12.9. The molecule has 1 N–H and O–H groups in total. The van der Waals surface area contributed by atoms with Crippen LogP contribution in [0.2, 0.25) is 0 Å². The van der Waals surface area contributed by atoms with E-state index in [0.717, 1.165) is 24.0 Å². The first-order valence-electron chi connectivity index (χ1n) is 7.25. The first kappa shape index (κ1) is 15.4. The molecule has 6 heteroatoms. The Hall–Kier alpha value is -1.50. The van der Waals surface area contributed by atoms with Crippen LogP contribution in [0, 0.1) is 11.6 Å². The minimum absolute atomic E-state index is 0.127. The number of rotatable bonds is 3. The Bertz CT molecular complexity index is 805. The molecule has 1 atom stereocenters. The Labute approximate surface area is 135 Å². The Morgan fingerprint density at radius 2 is 1.91 bits per heavy atom. The number of nitrogens with zero attached hydrogens (tertiary/aromatic N) is 1. The molecule has 0 bridgehead atoms. The van der Waals surface area contributed by atoms with Crippen LogP contribution in [0.25, 0.3) is 0 Å². The van der Waals surface area contributed by atoms with E-state index in [-0.39, 0.29) is 6.04 Å². The molecule has 0 radical (unpaired) electrons. The predicted molar refractivity (Wildman–Crippen MR) is 88.7 cm³/mol. The minimum atomic E-state index is -3.47. The molecule has 0 spiro atoms. The summed E-state index contributed by atoms with van der Waals surface area (Å²) in [4.78, 5) is 3.34. The second kappa shape index (κ2) is 5.95. The smallest absolute Gasteiger partial charge is 0.243 e. The third kappa shape index (κ3) is 2.86. The van der Waals surface area contributed by atoms with Crippen molar-refractivity contribution >= 4 is 22.2 Å². The Kier molecular flexibility index (Phi) is 4.16. The van der Waals surface area contributed by atoms with Crippen molar-refractivity contribution in [2.45, 2.75) is 30.7 Å².